The summed E-state index contributed by atoms with van der Waals surface area (Å²) in [5.41, 5.74) is 0. The standard InChI is InChI=1S/C16H18O/c1-2-5-12(6-3-1)17-16-10-11-9-15(16)14-8-4-7-13(11)14/h1-6,8,11,13-16H,7,9-10H2/t11-,13+,14-,15+,16+/m0/s1. The number of allylic oxidation sites excluding steroid dienone is 2. The van der Waals surface area contributed by atoms with E-state index >= 15 is 0 Å². The minimum atomic E-state index is 0.464. The number of rotatable bonds is 2. The predicted molar refractivity (Wildman–Crippen MR) is 67.8 cm³/mol. The third-order valence-electron chi connectivity index (χ3n) is 4.98. The summed E-state index contributed by atoms with van der Waals surface area (Å²) < 4.78 is 6.18. The number of hydrogen-bond donors (Lipinski definition) is 0. The van der Waals surface area contributed by atoms with Gasteiger partial charge in [0.25, 0.3) is 0 Å². The average Bonchev–Trinajstić information content (AvgIpc) is 3.01. The van der Waals surface area contributed by atoms with Crippen LogP contribution in [0.4, 0.5) is 0 Å². The first-order valence-corrected chi connectivity index (χ1v) is 6.80. The van der Waals surface area contributed by atoms with Gasteiger partial charge in [-0.05, 0) is 49.1 Å². The minimum absolute atomic E-state index is 0.464. The molecule has 3 aliphatic carbocycles. The van der Waals surface area contributed by atoms with Gasteiger partial charge in [-0.1, -0.05) is 30.4 Å². The Bertz CT molecular complexity index is 436. The van der Waals surface area contributed by atoms with E-state index in [1.54, 1.807) is 0 Å². The van der Waals surface area contributed by atoms with Gasteiger partial charge in [-0.2, -0.15) is 0 Å². The van der Waals surface area contributed by atoms with Crippen LogP contribution in [0.3, 0.4) is 0 Å². The van der Waals surface area contributed by atoms with E-state index in [2.05, 4.69) is 36.4 Å². The lowest BCUT2D eigenvalue weighted by atomic mass is 9.80. The monoisotopic (exact) mass is 226 g/mol. The van der Waals surface area contributed by atoms with E-state index in [1.807, 2.05) is 6.07 Å². The van der Waals surface area contributed by atoms with Gasteiger partial charge in [0.1, 0.15) is 11.9 Å². The lowest BCUT2D eigenvalue weighted by molar-refractivity contribution is 0.0955. The zero-order chi connectivity index (χ0) is 11.2. The highest BCUT2D eigenvalue weighted by Gasteiger charge is 2.53. The summed E-state index contributed by atoms with van der Waals surface area (Å²) in [4.78, 5) is 0. The maximum Gasteiger partial charge on any atom is 0.119 e. The fourth-order valence-electron chi connectivity index (χ4n) is 4.29. The van der Waals surface area contributed by atoms with E-state index in [4.69, 9.17) is 4.74 Å². The summed E-state index contributed by atoms with van der Waals surface area (Å²) in [5, 5.41) is 0. The Kier molecular flexibility index (Phi) is 2.08. The van der Waals surface area contributed by atoms with Crippen molar-refractivity contribution in [1.82, 2.24) is 0 Å². The number of hydrogen-bond acceptors (Lipinski definition) is 1. The van der Waals surface area contributed by atoms with E-state index < -0.39 is 0 Å². The Labute approximate surface area is 102 Å². The zero-order valence-corrected chi connectivity index (χ0v) is 9.96. The molecule has 2 saturated carbocycles. The highest BCUT2D eigenvalue weighted by Crippen LogP contribution is 2.57. The average molecular weight is 226 g/mol. The second-order valence-electron chi connectivity index (χ2n) is 5.77. The van der Waals surface area contributed by atoms with E-state index in [0.717, 1.165) is 29.4 Å². The summed E-state index contributed by atoms with van der Waals surface area (Å²) in [5.74, 6) is 4.53. The molecular weight excluding hydrogens is 208 g/mol. The molecule has 2 bridgehead atoms. The van der Waals surface area contributed by atoms with Crippen LogP contribution in [-0.2, 0) is 0 Å². The SMILES string of the molecule is C1=C[C@H]2[C@H](C1)[C@H]1C[C@H]2[C@H](Oc2ccccc2)C1. The minimum Gasteiger partial charge on any atom is -0.490 e. The molecule has 0 heterocycles. The molecule has 0 amide bonds. The predicted octanol–water partition coefficient (Wildman–Crippen LogP) is 3.67. The highest BCUT2D eigenvalue weighted by molar-refractivity contribution is 5.23. The molecule has 4 rings (SSSR count). The van der Waals surface area contributed by atoms with Crippen LogP contribution in [0, 0.1) is 23.7 Å². The molecule has 1 aromatic carbocycles. The van der Waals surface area contributed by atoms with Crippen molar-refractivity contribution >= 4 is 0 Å². The van der Waals surface area contributed by atoms with Crippen LogP contribution in [0.5, 0.6) is 5.75 Å². The summed E-state index contributed by atoms with van der Waals surface area (Å²) in [7, 11) is 0. The molecule has 0 radical (unpaired) electrons. The second kappa shape index (κ2) is 3.63. The van der Waals surface area contributed by atoms with Gasteiger partial charge in [0.15, 0.2) is 0 Å². The molecule has 2 fully saturated rings. The molecule has 1 aromatic rings. The van der Waals surface area contributed by atoms with E-state index in [1.165, 1.54) is 19.3 Å². The molecule has 0 unspecified atom stereocenters. The van der Waals surface area contributed by atoms with Crippen LogP contribution in [0.2, 0.25) is 0 Å². The van der Waals surface area contributed by atoms with E-state index in [9.17, 15) is 0 Å². The smallest absolute Gasteiger partial charge is 0.119 e. The molecule has 17 heavy (non-hydrogen) atoms. The summed E-state index contributed by atoms with van der Waals surface area (Å²) in [6.45, 7) is 0. The molecule has 5 atom stereocenters. The van der Waals surface area contributed by atoms with Crippen LogP contribution < -0.4 is 4.74 Å². The molecule has 0 aliphatic heterocycles. The normalized spacial score (nSPS) is 41.8. The van der Waals surface area contributed by atoms with E-state index in [0.29, 0.717) is 6.10 Å². The van der Waals surface area contributed by atoms with Crippen molar-refractivity contribution in [3.63, 3.8) is 0 Å². The summed E-state index contributed by atoms with van der Waals surface area (Å²) in [6.07, 6.45) is 9.31. The largest absolute Gasteiger partial charge is 0.490 e. The lowest BCUT2D eigenvalue weighted by Crippen LogP contribution is -2.32. The molecule has 1 nitrogen and oxygen atoms in total. The van der Waals surface area contributed by atoms with Gasteiger partial charge in [-0.3, -0.25) is 0 Å². The Morgan fingerprint density at radius 3 is 2.76 bits per heavy atom. The quantitative estimate of drug-likeness (QED) is 0.699. The first kappa shape index (κ1) is 9.76. The Hall–Kier alpha value is -1.24. The van der Waals surface area contributed by atoms with Gasteiger partial charge >= 0.3 is 0 Å². The number of benzene rings is 1. The molecule has 0 spiro atoms. The van der Waals surface area contributed by atoms with Crippen LogP contribution in [0.15, 0.2) is 42.5 Å². The van der Waals surface area contributed by atoms with Gasteiger partial charge in [-0.15, -0.1) is 0 Å². The van der Waals surface area contributed by atoms with Crippen LogP contribution >= 0.6 is 0 Å². The summed E-state index contributed by atoms with van der Waals surface area (Å²) in [6, 6.07) is 10.3. The van der Waals surface area contributed by atoms with Crippen molar-refractivity contribution in [3.05, 3.63) is 42.5 Å². The topological polar surface area (TPSA) is 9.23 Å². The Balaban J connectivity index is 1.53. The van der Waals surface area contributed by atoms with Crippen molar-refractivity contribution in [1.29, 1.82) is 0 Å². The number of para-hydroxylation sites is 1. The molecular formula is C16H18O. The van der Waals surface area contributed by atoms with Gasteiger partial charge < -0.3 is 4.74 Å². The lowest BCUT2D eigenvalue weighted by Gasteiger charge is -2.31. The molecule has 0 saturated heterocycles. The van der Waals surface area contributed by atoms with Crippen LogP contribution in [-0.4, -0.2) is 6.10 Å². The molecule has 0 aromatic heterocycles. The van der Waals surface area contributed by atoms with Crippen molar-refractivity contribution in [2.45, 2.75) is 25.4 Å². The fourth-order valence-corrected chi connectivity index (χ4v) is 4.29. The summed E-state index contributed by atoms with van der Waals surface area (Å²) >= 11 is 0. The fraction of sp³-hybridized carbons (Fsp3) is 0.500. The van der Waals surface area contributed by atoms with Crippen molar-refractivity contribution in [2.24, 2.45) is 23.7 Å². The van der Waals surface area contributed by atoms with Gasteiger partial charge in [-0.25, -0.2) is 0 Å². The van der Waals surface area contributed by atoms with E-state index in [-0.39, 0.29) is 0 Å². The Morgan fingerprint density at radius 2 is 1.88 bits per heavy atom. The maximum atomic E-state index is 6.18. The third-order valence-corrected chi connectivity index (χ3v) is 4.98. The second-order valence-corrected chi connectivity index (χ2v) is 5.77. The van der Waals surface area contributed by atoms with Crippen molar-refractivity contribution in [2.75, 3.05) is 0 Å². The van der Waals surface area contributed by atoms with Gasteiger partial charge in [0, 0.05) is 5.92 Å². The van der Waals surface area contributed by atoms with Crippen molar-refractivity contribution < 1.29 is 4.74 Å². The highest BCUT2D eigenvalue weighted by atomic mass is 16.5. The number of fused-ring (bicyclic) bond motifs is 5. The maximum absolute atomic E-state index is 6.18. The van der Waals surface area contributed by atoms with Crippen LogP contribution in [0.1, 0.15) is 19.3 Å². The first-order chi connectivity index (χ1) is 8.42. The Morgan fingerprint density at radius 1 is 1.00 bits per heavy atom. The molecule has 1 heteroatoms. The van der Waals surface area contributed by atoms with Crippen molar-refractivity contribution in [3.8, 4) is 5.75 Å². The van der Waals surface area contributed by atoms with Crippen LogP contribution in [0.25, 0.3) is 0 Å². The molecule has 0 N–H and O–H groups in total. The third kappa shape index (κ3) is 1.45. The molecule has 88 valence electrons. The number of ether oxygens (including phenoxy) is 1. The van der Waals surface area contributed by atoms with Gasteiger partial charge in [0.2, 0.25) is 0 Å². The first-order valence-electron chi connectivity index (χ1n) is 6.80. The zero-order valence-electron chi connectivity index (χ0n) is 9.96. The molecule has 3 aliphatic rings. The van der Waals surface area contributed by atoms with Gasteiger partial charge in [0.05, 0.1) is 0 Å².